The fourth-order valence-electron chi connectivity index (χ4n) is 0.625. The maximum Gasteiger partial charge on any atom is 0.238 e. The van der Waals surface area contributed by atoms with Crippen LogP contribution in [0.5, 0.6) is 0 Å². The quantitative estimate of drug-likeness (QED) is 0.520. The van der Waals surface area contributed by atoms with Crippen LogP contribution in [0.3, 0.4) is 0 Å². The van der Waals surface area contributed by atoms with Crippen LogP contribution in [0.2, 0.25) is 0 Å². The van der Waals surface area contributed by atoms with Crippen molar-refractivity contribution >= 4 is 17.7 Å². The molecule has 0 bridgehead atoms. The van der Waals surface area contributed by atoms with Crippen LogP contribution in [0.1, 0.15) is 6.92 Å². The molecule has 1 N–H and O–H groups in total. The van der Waals surface area contributed by atoms with Gasteiger partial charge < -0.3 is 5.32 Å². The van der Waals surface area contributed by atoms with E-state index in [1.54, 1.807) is 6.92 Å². The van der Waals surface area contributed by atoms with Crippen LogP contribution in [0.15, 0.2) is 11.1 Å². The number of rotatable bonds is 0. The number of nitriles is 1. The second-order valence-corrected chi connectivity index (χ2v) is 3.27. The molecule has 0 aliphatic carbocycles. The van der Waals surface area contributed by atoms with Gasteiger partial charge in [-0.1, -0.05) is 11.8 Å². The molecule has 0 unspecified atom stereocenters. The van der Waals surface area contributed by atoms with Gasteiger partial charge >= 0.3 is 0 Å². The molecular formula is C6H6N2OS. The van der Waals surface area contributed by atoms with Gasteiger partial charge in [-0.2, -0.15) is 5.26 Å². The first-order valence-corrected chi connectivity index (χ1v) is 3.69. The standard InChI is InChI=1S/C6H6N2OS/c1-4-6(9)8-5(10-4)2-3-7/h2,4H,1H3,(H,8,9)/b5-2+/t4-/m0/s1. The summed E-state index contributed by atoms with van der Waals surface area (Å²) in [5.74, 6) is -0.0218. The summed E-state index contributed by atoms with van der Waals surface area (Å²) in [5.41, 5.74) is 0. The van der Waals surface area contributed by atoms with Crippen LogP contribution in [0.4, 0.5) is 0 Å². The lowest BCUT2D eigenvalue weighted by Crippen LogP contribution is -2.19. The largest absolute Gasteiger partial charge is 0.319 e. The van der Waals surface area contributed by atoms with Gasteiger partial charge in [0.1, 0.15) is 0 Å². The predicted octanol–water partition coefficient (Wildman–Crippen LogP) is 0.603. The zero-order valence-electron chi connectivity index (χ0n) is 5.42. The van der Waals surface area contributed by atoms with Crippen molar-refractivity contribution < 1.29 is 4.79 Å². The first-order chi connectivity index (χ1) is 4.74. The van der Waals surface area contributed by atoms with Crippen LogP contribution < -0.4 is 5.32 Å². The molecule has 1 atom stereocenters. The Labute approximate surface area is 63.1 Å². The minimum atomic E-state index is -0.0559. The molecule has 1 heterocycles. The maximum atomic E-state index is 10.8. The molecule has 0 aromatic heterocycles. The van der Waals surface area contributed by atoms with Gasteiger partial charge in [0, 0.05) is 6.08 Å². The van der Waals surface area contributed by atoms with E-state index in [0.717, 1.165) is 0 Å². The zero-order valence-corrected chi connectivity index (χ0v) is 6.23. The lowest BCUT2D eigenvalue weighted by atomic mass is 10.4. The monoisotopic (exact) mass is 154 g/mol. The molecule has 0 saturated carbocycles. The van der Waals surface area contributed by atoms with Crippen molar-refractivity contribution in [2.24, 2.45) is 0 Å². The Kier molecular flexibility index (Phi) is 1.97. The molecule has 1 aliphatic heterocycles. The lowest BCUT2D eigenvalue weighted by Gasteiger charge is -1.88. The van der Waals surface area contributed by atoms with Crippen molar-refractivity contribution in [3.8, 4) is 6.07 Å². The molecule has 0 spiro atoms. The summed E-state index contributed by atoms with van der Waals surface area (Å²) in [5, 5.41) is 11.4. The van der Waals surface area contributed by atoms with Crippen molar-refractivity contribution in [2.75, 3.05) is 0 Å². The summed E-state index contributed by atoms with van der Waals surface area (Å²) in [7, 11) is 0. The maximum absolute atomic E-state index is 10.8. The second kappa shape index (κ2) is 2.76. The normalized spacial score (nSPS) is 28.2. The molecule has 4 heteroatoms. The summed E-state index contributed by atoms with van der Waals surface area (Å²) < 4.78 is 0. The Balaban J connectivity index is 2.68. The fraction of sp³-hybridized carbons (Fsp3) is 0.333. The van der Waals surface area contributed by atoms with E-state index in [4.69, 9.17) is 5.26 Å². The van der Waals surface area contributed by atoms with Gasteiger partial charge in [-0.25, -0.2) is 0 Å². The van der Waals surface area contributed by atoms with Crippen molar-refractivity contribution in [2.45, 2.75) is 12.2 Å². The van der Waals surface area contributed by atoms with Gasteiger partial charge in [0.05, 0.1) is 16.3 Å². The first kappa shape index (κ1) is 7.16. The highest BCUT2D eigenvalue weighted by molar-refractivity contribution is 8.04. The molecule has 0 aromatic carbocycles. The number of hydrogen-bond acceptors (Lipinski definition) is 3. The molecule has 10 heavy (non-hydrogen) atoms. The highest BCUT2D eigenvalue weighted by Crippen LogP contribution is 2.25. The van der Waals surface area contributed by atoms with Gasteiger partial charge in [-0.15, -0.1) is 0 Å². The molecule has 0 aromatic rings. The van der Waals surface area contributed by atoms with E-state index in [9.17, 15) is 4.79 Å². The van der Waals surface area contributed by atoms with E-state index in [1.807, 2.05) is 6.07 Å². The minimum absolute atomic E-state index is 0.0218. The van der Waals surface area contributed by atoms with Crippen LogP contribution in [-0.2, 0) is 4.79 Å². The summed E-state index contributed by atoms with van der Waals surface area (Å²) in [6.45, 7) is 1.80. The van der Waals surface area contributed by atoms with E-state index < -0.39 is 0 Å². The fourth-order valence-corrected chi connectivity index (χ4v) is 1.45. The number of carbonyl (C=O) groups excluding carboxylic acids is 1. The zero-order chi connectivity index (χ0) is 7.56. The topological polar surface area (TPSA) is 52.9 Å². The number of amides is 1. The van der Waals surface area contributed by atoms with Crippen LogP contribution in [0.25, 0.3) is 0 Å². The van der Waals surface area contributed by atoms with E-state index in [-0.39, 0.29) is 11.2 Å². The summed E-state index contributed by atoms with van der Waals surface area (Å²) in [6, 6.07) is 1.85. The Bertz CT molecular complexity index is 228. The van der Waals surface area contributed by atoms with E-state index in [1.165, 1.54) is 17.8 Å². The number of nitrogens with zero attached hydrogens (tertiary/aromatic N) is 1. The SMILES string of the molecule is C[C@@H]1S/C(=C/C#N)NC1=O. The van der Waals surface area contributed by atoms with E-state index >= 15 is 0 Å². The number of allylic oxidation sites excluding steroid dienone is 1. The second-order valence-electron chi connectivity index (χ2n) is 1.89. The number of hydrogen-bond donors (Lipinski definition) is 1. The third-order valence-corrected chi connectivity index (χ3v) is 2.16. The highest BCUT2D eigenvalue weighted by atomic mass is 32.2. The Morgan fingerprint density at radius 2 is 2.60 bits per heavy atom. The lowest BCUT2D eigenvalue weighted by molar-refractivity contribution is -0.118. The van der Waals surface area contributed by atoms with Gasteiger partial charge in [0.25, 0.3) is 0 Å². The molecule has 52 valence electrons. The third kappa shape index (κ3) is 1.31. The summed E-state index contributed by atoms with van der Waals surface area (Å²) in [4.78, 5) is 10.8. The highest BCUT2D eigenvalue weighted by Gasteiger charge is 2.23. The Morgan fingerprint density at radius 3 is 3.00 bits per heavy atom. The van der Waals surface area contributed by atoms with Crippen LogP contribution in [0, 0.1) is 11.3 Å². The minimum Gasteiger partial charge on any atom is -0.319 e. The van der Waals surface area contributed by atoms with Crippen LogP contribution in [-0.4, -0.2) is 11.2 Å². The summed E-state index contributed by atoms with van der Waals surface area (Å²) in [6.07, 6.45) is 1.34. The molecule has 1 amide bonds. The number of nitrogens with one attached hydrogen (secondary N) is 1. The summed E-state index contributed by atoms with van der Waals surface area (Å²) >= 11 is 1.38. The number of carbonyl (C=O) groups is 1. The molecule has 1 aliphatic rings. The van der Waals surface area contributed by atoms with Crippen molar-refractivity contribution in [1.82, 2.24) is 5.32 Å². The van der Waals surface area contributed by atoms with Crippen molar-refractivity contribution in [1.29, 1.82) is 5.26 Å². The third-order valence-electron chi connectivity index (χ3n) is 1.12. The Morgan fingerprint density at radius 1 is 1.90 bits per heavy atom. The van der Waals surface area contributed by atoms with Gasteiger partial charge in [0.2, 0.25) is 5.91 Å². The number of thioether (sulfide) groups is 1. The molecular weight excluding hydrogens is 148 g/mol. The van der Waals surface area contributed by atoms with Gasteiger partial charge in [-0.3, -0.25) is 4.79 Å². The Hall–Kier alpha value is -0.950. The van der Waals surface area contributed by atoms with Gasteiger partial charge in [-0.05, 0) is 6.92 Å². The molecule has 1 saturated heterocycles. The van der Waals surface area contributed by atoms with Gasteiger partial charge in [0.15, 0.2) is 0 Å². The molecule has 0 radical (unpaired) electrons. The first-order valence-electron chi connectivity index (χ1n) is 2.81. The molecule has 1 rings (SSSR count). The predicted molar refractivity (Wildman–Crippen MR) is 38.9 cm³/mol. The molecule has 3 nitrogen and oxygen atoms in total. The molecule has 1 fully saturated rings. The smallest absolute Gasteiger partial charge is 0.238 e. The van der Waals surface area contributed by atoms with Crippen LogP contribution >= 0.6 is 11.8 Å². The van der Waals surface area contributed by atoms with E-state index in [0.29, 0.717) is 5.03 Å². The van der Waals surface area contributed by atoms with Crippen molar-refractivity contribution in [3.63, 3.8) is 0 Å². The average molecular weight is 154 g/mol. The average Bonchev–Trinajstić information content (AvgIpc) is 2.14. The van der Waals surface area contributed by atoms with E-state index in [2.05, 4.69) is 5.32 Å². The van der Waals surface area contributed by atoms with Crippen molar-refractivity contribution in [3.05, 3.63) is 11.1 Å².